The van der Waals surface area contributed by atoms with Crippen LogP contribution in [0.15, 0.2) is 22.7 Å². The molecular formula is C13H15N3O2. The van der Waals surface area contributed by atoms with E-state index >= 15 is 0 Å². The van der Waals surface area contributed by atoms with E-state index in [0.717, 1.165) is 16.8 Å². The van der Waals surface area contributed by atoms with Crippen LogP contribution in [-0.4, -0.2) is 16.0 Å². The second-order valence-corrected chi connectivity index (χ2v) is 4.33. The van der Waals surface area contributed by atoms with E-state index in [1.165, 1.54) is 0 Å². The molecule has 18 heavy (non-hydrogen) atoms. The number of carbonyl (C=O) groups is 1. The number of amides is 1. The molecule has 0 spiro atoms. The van der Waals surface area contributed by atoms with E-state index in [9.17, 15) is 4.79 Å². The summed E-state index contributed by atoms with van der Waals surface area (Å²) in [7, 11) is 0. The largest absolute Gasteiger partial charge is 0.340 e. The average Bonchev–Trinajstić information content (AvgIpc) is 2.61. The third-order valence-electron chi connectivity index (χ3n) is 2.39. The zero-order chi connectivity index (χ0) is 13.1. The number of rotatable bonds is 3. The van der Waals surface area contributed by atoms with Gasteiger partial charge in [0.25, 0.3) is 0 Å². The summed E-state index contributed by atoms with van der Waals surface area (Å²) in [5, 5.41) is 6.51. The van der Waals surface area contributed by atoms with E-state index in [2.05, 4.69) is 21.5 Å². The second kappa shape index (κ2) is 5.00. The first-order chi connectivity index (χ1) is 8.52. The van der Waals surface area contributed by atoms with Gasteiger partial charge in [-0.05, 0) is 37.1 Å². The molecule has 1 aromatic carbocycles. The topological polar surface area (TPSA) is 68.0 Å². The summed E-state index contributed by atoms with van der Waals surface area (Å²) < 4.78 is 4.81. The molecule has 0 aliphatic carbocycles. The monoisotopic (exact) mass is 245 g/mol. The van der Waals surface area contributed by atoms with Gasteiger partial charge in [0, 0.05) is 12.6 Å². The molecule has 0 radical (unpaired) electrons. The van der Waals surface area contributed by atoms with Crippen molar-refractivity contribution < 1.29 is 9.32 Å². The van der Waals surface area contributed by atoms with E-state index in [-0.39, 0.29) is 12.3 Å². The summed E-state index contributed by atoms with van der Waals surface area (Å²) in [6.45, 7) is 5.68. The molecule has 0 saturated carbocycles. The van der Waals surface area contributed by atoms with Gasteiger partial charge in [-0.25, -0.2) is 0 Å². The molecule has 0 fully saturated rings. The summed E-state index contributed by atoms with van der Waals surface area (Å²) in [6.07, 6.45) is 0.115. The molecule has 0 saturated heterocycles. The number of nitrogens with zero attached hydrogens (tertiary/aromatic N) is 2. The molecule has 1 amide bonds. The summed E-state index contributed by atoms with van der Waals surface area (Å²) in [5.74, 6) is 0.708. The molecule has 1 aromatic heterocycles. The minimum absolute atomic E-state index is 0.115. The lowest BCUT2D eigenvalue weighted by Crippen LogP contribution is -2.15. The van der Waals surface area contributed by atoms with Crippen molar-refractivity contribution in [3.8, 4) is 0 Å². The van der Waals surface area contributed by atoms with Crippen LogP contribution in [0.25, 0.3) is 0 Å². The Morgan fingerprint density at radius 3 is 2.44 bits per heavy atom. The third-order valence-corrected chi connectivity index (χ3v) is 2.39. The third kappa shape index (κ3) is 3.16. The zero-order valence-corrected chi connectivity index (χ0v) is 10.7. The molecule has 0 aliphatic rings. The molecule has 0 aliphatic heterocycles. The number of anilines is 1. The number of hydrogen-bond acceptors (Lipinski definition) is 4. The van der Waals surface area contributed by atoms with Gasteiger partial charge in [-0.1, -0.05) is 11.2 Å². The van der Waals surface area contributed by atoms with Crippen LogP contribution < -0.4 is 5.32 Å². The standard InChI is InChI=1S/C13H15N3O2/c1-8-4-9(2)6-11(5-8)15-13(17)7-12-14-10(3)18-16-12/h4-6H,7H2,1-3H3,(H,15,17). The SMILES string of the molecule is Cc1cc(C)cc(NC(=O)Cc2noc(C)n2)c1. The fraction of sp³-hybridized carbons (Fsp3) is 0.308. The van der Waals surface area contributed by atoms with Gasteiger partial charge in [0.2, 0.25) is 11.8 Å². The first-order valence-corrected chi connectivity index (χ1v) is 5.70. The smallest absolute Gasteiger partial charge is 0.232 e. The highest BCUT2D eigenvalue weighted by atomic mass is 16.5. The van der Waals surface area contributed by atoms with Crippen LogP contribution in [0.3, 0.4) is 0 Å². The van der Waals surface area contributed by atoms with Gasteiger partial charge in [0.1, 0.15) is 0 Å². The Hall–Kier alpha value is -2.17. The van der Waals surface area contributed by atoms with Gasteiger partial charge in [-0.15, -0.1) is 0 Å². The Bertz CT molecular complexity index is 555. The molecule has 5 nitrogen and oxygen atoms in total. The van der Waals surface area contributed by atoms with Gasteiger partial charge in [-0.3, -0.25) is 4.79 Å². The summed E-state index contributed by atoms with van der Waals surface area (Å²) >= 11 is 0. The average molecular weight is 245 g/mol. The Balaban J connectivity index is 2.02. The van der Waals surface area contributed by atoms with Crippen molar-refractivity contribution in [3.63, 3.8) is 0 Å². The lowest BCUT2D eigenvalue weighted by atomic mass is 10.1. The molecule has 0 unspecified atom stereocenters. The maximum atomic E-state index is 11.8. The van der Waals surface area contributed by atoms with Crippen LogP contribution in [-0.2, 0) is 11.2 Å². The van der Waals surface area contributed by atoms with Crippen molar-refractivity contribution in [2.75, 3.05) is 5.32 Å². The number of benzene rings is 1. The van der Waals surface area contributed by atoms with Crippen LogP contribution in [0.1, 0.15) is 22.8 Å². The molecule has 1 N–H and O–H groups in total. The molecule has 5 heteroatoms. The highest BCUT2D eigenvalue weighted by Gasteiger charge is 2.09. The molecule has 1 heterocycles. The predicted molar refractivity (Wildman–Crippen MR) is 67.3 cm³/mol. The zero-order valence-electron chi connectivity index (χ0n) is 10.7. The number of aromatic nitrogens is 2. The number of aryl methyl sites for hydroxylation is 3. The summed E-state index contributed by atoms with van der Waals surface area (Å²) in [6, 6.07) is 5.90. The predicted octanol–water partition coefficient (Wildman–Crippen LogP) is 2.18. The van der Waals surface area contributed by atoms with Gasteiger partial charge < -0.3 is 9.84 Å². The van der Waals surface area contributed by atoms with Crippen LogP contribution >= 0.6 is 0 Å². The molecule has 2 rings (SSSR count). The van der Waals surface area contributed by atoms with E-state index in [1.807, 2.05) is 26.0 Å². The van der Waals surface area contributed by atoms with Crippen molar-refractivity contribution in [2.45, 2.75) is 27.2 Å². The number of nitrogens with one attached hydrogen (secondary N) is 1. The van der Waals surface area contributed by atoms with Crippen LogP contribution in [0.4, 0.5) is 5.69 Å². The van der Waals surface area contributed by atoms with Crippen molar-refractivity contribution in [3.05, 3.63) is 41.0 Å². The second-order valence-electron chi connectivity index (χ2n) is 4.33. The molecule has 94 valence electrons. The quantitative estimate of drug-likeness (QED) is 0.899. The molecule has 0 atom stereocenters. The first-order valence-electron chi connectivity index (χ1n) is 5.70. The highest BCUT2D eigenvalue weighted by Crippen LogP contribution is 2.13. The molecular weight excluding hydrogens is 230 g/mol. The van der Waals surface area contributed by atoms with E-state index in [0.29, 0.717) is 11.7 Å². The first kappa shape index (κ1) is 12.3. The lowest BCUT2D eigenvalue weighted by Gasteiger charge is -2.06. The Morgan fingerprint density at radius 1 is 1.22 bits per heavy atom. The summed E-state index contributed by atoms with van der Waals surface area (Å²) in [5.41, 5.74) is 3.01. The van der Waals surface area contributed by atoms with Crippen LogP contribution in [0.2, 0.25) is 0 Å². The van der Waals surface area contributed by atoms with Gasteiger partial charge >= 0.3 is 0 Å². The highest BCUT2D eigenvalue weighted by molar-refractivity contribution is 5.91. The van der Waals surface area contributed by atoms with Crippen molar-refractivity contribution >= 4 is 11.6 Å². The number of carbonyl (C=O) groups excluding carboxylic acids is 1. The minimum Gasteiger partial charge on any atom is -0.340 e. The van der Waals surface area contributed by atoms with Crippen LogP contribution in [0, 0.1) is 20.8 Å². The van der Waals surface area contributed by atoms with Gasteiger partial charge in [0.15, 0.2) is 5.82 Å². The van der Waals surface area contributed by atoms with Gasteiger partial charge in [0.05, 0.1) is 6.42 Å². The number of hydrogen-bond donors (Lipinski definition) is 1. The van der Waals surface area contributed by atoms with Crippen molar-refractivity contribution in [1.29, 1.82) is 0 Å². The van der Waals surface area contributed by atoms with E-state index in [1.54, 1.807) is 6.92 Å². The Kier molecular flexibility index (Phi) is 3.41. The fourth-order valence-electron chi connectivity index (χ4n) is 1.81. The van der Waals surface area contributed by atoms with Crippen molar-refractivity contribution in [1.82, 2.24) is 10.1 Å². The molecule has 0 bridgehead atoms. The minimum atomic E-state index is -0.152. The Morgan fingerprint density at radius 2 is 1.89 bits per heavy atom. The van der Waals surface area contributed by atoms with E-state index in [4.69, 9.17) is 4.52 Å². The maximum absolute atomic E-state index is 11.8. The molecule has 2 aromatic rings. The normalized spacial score (nSPS) is 10.4. The van der Waals surface area contributed by atoms with Crippen LogP contribution in [0.5, 0.6) is 0 Å². The fourth-order valence-corrected chi connectivity index (χ4v) is 1.81. The van der Waals surface area contributed by atoms with Gasteiger partial charge in [-0.2, -0.15) is 4.98 Å². The summed E-state index contributed by atoms with van der Waals surface area (Å²) in [4.78, 5) is 15.8. The van der Waals surface area contributed by atoms with Crippen molar-refractivity contribution in [2.24, 2.45) is 0 Å². The van der Waals surface area contributed by atoms with E-state index < -0.39 is 0 Å². The maximum Gasteiger partial charge on any atom is 0.232 e. The Labute approximate surface area is 105 Å². The lowest BCUT2D eigenvalue weighted by molar-refractivity contribution is -0.115.